The molecule has 2 heterocycles. The third-order valence-electron chi connectivity index (χ3n) is 4.81. The van der Waals surface area contributed by atoms with E-state index in [0.29, 0.717) is 18.0 Å². The monoisotopic (exact) mass is 366 g/mol. The number of aromatic nitrogens is 1. The molecule has 2 N–H and O–H groups in total. The third-order valence-corrected chi connectivity index (χ3v) is 5.05. The van der Waals surface area contributed by atoms with Crippen molar-refractivity contribution < 1.29 is 9.90 Å². The van der Waals surface area contributed by atoms with Crippen LogP contribution < -0.4 is 5.32 Å². The van der Waals surface area contributed by atoms with Crippen LogP contribution >= 0.6 is 11.6 Å². The Morgan fingerprint density at radius 1 is 1.08 bits per heavy atom. The second-order valence-electron chi connectivity index (χ2n) is 6.44. The molecule has 1 unspecified atom stereocenters. The van der Waals surface area contributed by atoms with Crippen molar-refractivity contribution >= 4 is 17.6 Å². The van der Waals surface area contributed by atoms with Crippen LogP contribution in [0.4, 0.5) is 4.79 Å². The van der Waals surface area contributed by atoms with E-state index in [9.17, 15) is 9.90 Å². The van der Waals surface area contributed by atoms with Crippen LogP contribution in [0.15, 0.2) is 60.7 Å². The van der Waals surface area contributed by atoms with Gasteiger partial charge in [0.15, 0.2) is 0 Å². The lowest BCUT2D eigenvalue weighted by Crippen LogP contribution is -2.39. The summed E-state index contributed by atoms with van der Waals surface area (Å²) in [5.41, 5.74) is 4.68. The van der Waals surface area contributed by atoms with Crippen molar-refractivity contribution in [3.05, 3.63) is 71.4 Å². The lowest BCUT2D eigenvalue weighted by Gasteiger charge is -2.25. The van der Waals surface area contributed by atoms with E-state index in [1.54, 1.807) is 4.57 Å². The number of nitrogens with zero attached hydrogens (tertiary/aromatic N) is 1. The number of amides is 1. The van der Waals surface area contributed by atoms with Gasteiger partial charge in [-0.25, -0.2) is 4.79 Å². The Balaban J connectivity index is 2.00. The maximum atomic E-state index is 12.7. The van der Waals surface area contributed by atoms with Crippen LogP contribution in [0.3, 0.4) is 0 Å². The average Bonchev–Trinajstić information content (AvgIpc) is 3.07. The van der Waals surface area contributed by atoms with Crippen molar-refractivity contribution in [2.75, 3.05) is 13.2 Å². The molecular formula is C21H19ClN2O2. The summed E-state index contributed by atoms with van der Waals surface area (Å²) in [5, 5.41) is 13.0. The largest absolute Gasteiger partial charge is 0.396 e. The standard InChI is InChI=1S/C21H19ClN2O2/c22-17-8-4-7-15(11-17)20-18(14-5-2-1-3-6-14)12-19-16(9-10-25)13-23-21(26)24(19)20/h1-8,11-12,16,25H,9-10,13H2,(H,23,26). The number of rotatable bonds is 4. The molecule has 0 aliphatic carbocycles. The van der Waals surface area contributed by atoms with Crippen molar-refractivity contribution in [2.45, 2.75) is 12.3 Å². The van der Waals surface area contributed by atoms with Gasteiger partial charge in [-0.15, -0.1) is 0 Å². The minimum atomic E-state index is -0.147. The van der Waals surface area contributed by atoms with E-state index in [0.717, 1.165) is 28.1 Å². The molecule has 0 saturated carbocycles. The van der Waals surface area contributed by atoms with E-state index in [4.69, 9.17) is 11.6 Å². The predicted octanol–water partition coefficient (Wildman–Crippen LogP) is 4.51. The maximum Gasteiger partial charge on any atom is 0.326 e. The fourth-order valence-corrected chi connectivity index (χ4v) is 3.80. The lowest BCUT2D eigenvalue weighted by atomic mass is 9.98. The summed E-state index contributed by atoms with van der Waals surface area (Å²) in [6.45, 7) is 0.617. The second kappa shape index (κ2) is 6.98. The highest BCUT2D eigenvalue weighted by molar-refractivity contribution is 6.30. The zero-order valence-corrected chi connectivity index (χ0v) is 14.9. The number of hydrogen-bond acceptors (Lipinski definition) is 2. The predicted molar refractivity (Wildman–Crippen MR) is 104 cm³/mol. The number of hydrogen-bond donors (Lipinski definition) is 2. The molecule has 1 amide bonds. The summed E-state index contributed by atoms with van der Waals surface area (Å²) >= 11 is 6.22. The molecule has 1 aliphatic rings. The molecule has 5 heteroatoms. The normalized spacial score (nSPS) is 16.2. The lowest BCUT2D eigenvalue weighted by molar-refractivity contribution is 0.231. The van der Waals surface area contributed by atoms with Gasteiger partial charge in [0.2, 0.25) is 0 Å². The third kappa shape index (κ3) is 2.91. The highest BCUT2D eigenvalue weighted by atomic mass is 35.5. The molecule has 4 rings (SSSR count). The SMILES string of the molecule is O=C1NCC(CCO)c2cc(-c3ccccc3)c(-c3cccc(Cl)c3)n21. The number of aliphatic hydroxyl groups excluding tert-OH is 1. The number of carbonyl (C=O) groups excluding carboxylic acids is 1. The van der Waals surface area contributed by atoms with Gasteiger partial charge in [0.25, 0.3) is 0 Å². The van der Waals surface area contributed by atoms with Crippen molar-refractivity contribution in [1.29, 1.82) is 0 Å². The molecule has 1 aliphatic heterocycles. The van der Waals surface area contributed by atoms with Gasteiger partial charge in [-0.1, -0.05) is 54.1 Å². The number of benzene rings is 2. The van der Waals surface area contributed by atoms with Crippen LogP contribution in [0, 0.1) is 0 Å². The highest BCUT2D eigenvalue weighted by Gasteiger charge is 2.30. The van der Waals surface area contributed by atoms with E-state index >= 15 is 0 Å². The van der Waals surface area contributed by atoms with E-state index in [1.807, 2.05) is 54.6 Å². The second-order valence-corrected chi connectivity index (χ2v) is 6.87. The Morgan fingerprint density at radius 2 is 1.85 bits per heavy atom. The summed E-state index contributed by atoms with van der Waals surface area (Å²) < 4.78 is 1.73. The van der Waals surface area contributed by atoms with Gasteiger partial charge in [-0.3, -0.25) is 4.57 Å². The topological polar surface area (TPSA) is 54.3 Å². The first-order chi connectivity index (χ1) is 12.7. The first-order valence-corrected chi connectivity index (χ1v) is 9.03. The quantitative estimate of drug-likeness (QED) is 0.713. The molecule has 0 saturated heterocycles. The minimum absolute atomic E-state index is 0.0769. The molecule has 0 bridgehead atoms. The van der Waals surface area contributed by atoms with Crippen molar-refractivity contribution in [3.8, 4) is 22.4 Å². The Labute approximate surface area is 157 Å². The molecule has 0 spiro atoms. The smallest absolute Gasteiger partial charge is 0.326 e. The number of halogens is 1. The Kier molecular flexibility index (Phi) is 4.53. The first-order valence-electron chi connectivity index (χ1n) is 8.65. The molecule has 4 nitrogen and oxygen atoms in total. The zero-order chi connectivity index (χ0) is 18.1. The van der Waals surface area contributed by atoms with Gasteiger partial charge >= 0.3 is 6.03 Å². The summed E-state index contributed by atoms with van der Waals surface area (Å²) in [4.78, 5) is 12.7. The van der Waals surface area contributed by atoms with E-state index in [1.165, 1.54) is 0 Å². The average molecular weight is 367 g/mol. The Morgan fingerprint density at radius 3 is 2.58 bits per heavy atom. The number of aliphatic hydroxyl groups is 1. The van der Waals surface area contributed by atoms with Crippen LogP contribution in [-0.2, 0) is 0 Å². The Hall–Kier alpha value is -2.56. The van der Waals surface area contributed by atoms with Gasteiger partial charge in [-0.2, -0.15) is 0 Å². The van der Waals surface area contributed by atoms with Gasteiger partial charge in [0.1, 0.15) is 0 Å². The molecule has 26 heavy (non-hydrogen) atoms. The van der Waals surface area contributed by atoms with Crippen LogP contribution in [0.5, 0.6) is 0 Å². The fourth-order valence-electron chi connectivity index (χ4n) is 3.61. The number of fused-ring (bicyclic) bond motifs is 1. The molecule has 2 aromatic carbocycles. The van der Waals surface area contributed by atoms with Crippen LogP contribution in [-0.4, -0.2) is 28.9 Å². The van der Waals surface area contributed by atoms with Gasteiger partial charge in [-0.05, 0) is 30.2 Å². The van der Waals surface area contributed by atoms with Crippen molar-refractivity contribution in [3.63, 3.8) is 0 Å². The van der Waals surface area contributed by atoms with E-state index < -0.39 is 0 Å². The van der Waals surface area contributed by atoms with Gasteiger partial charge in [0, 0.05) is 40.9 Å². The maximum absolute atomic E-state index is 12.7. The van der Waals surface area contributed by atoms with Crippen LogP contribution in [0.1, 0.15) is 18.0 Å². The van der Waals surface area contributed by atoms with Crippen LogP contribution in [0.25, 0.3) is 22.4 Å². The molecule has 3 aromatic rings. The summed E-state index contributed by atoms with van der Waals surface area (Å²) in [6, 6.07) is 19.5. The summed E-state index contributed by atoms with van der Waals surface area (Å²) in [5.74, 6) is 0.0769. The molecule has 0 radical (unpaired) electrons. The number of nitrogens with one attached hydrogen (secondary N) is 1. The molecule has 0 fully saturated rings. The Bertz CT molecular complexity index is 950. The van der Waals surface area contributed by atoms with E-state index in [-0.39, 0.29) is 18.6 Å². The molecule has 132 valence electrons. The van der Waals surface area contributed by atoms with E-state index in [2.05, 4.69) is 11.4 Å². The van der Waals surface area contributed by atoms with Gasteiger partial charge < -0.3 is 10.4 Å². The summed E-state index contributed by atoms with van der Waals surface area (Å²) in [7, 11) is 0. The van der Waals surface area contributed by atoms with Gasteiger partial charge in [0.05, 0.1) is 5.69 Å². The first kappa shape index (κ1) is 16.9. The zero-order valence-electron chi connectivity index (χ0n) is 14.2. The highest BCUT2D eigenvalue weighted by Crippen LogP contribution is 2.39. The van der Waals surface area contributed by atoms with Crippen molar-refractivity contribution in [1.82, 2.24) is 9.88 Å². The summed E-state index contributed by atoms with van der Waals surface area (Å²) in [6.07, 6.45) is 0.605. The van der Waals surface area contributed by atoms with Crippen LogP contribution in [0.2, 0.25) is 5.02 Å². The molecule has 1 aromatic heterocycles. The molecule has 1 atom stereocenters. The number of carbonyl (C=O) groups is 1. The fraction of sp³-hybridized carbons (Fsp3) is 0.190. The van der Waals surface area contributed by atoms with Crippen molar-refractivity contribution in [2.24, 2.45) is 0 Å². The minimum Gasteiger partial charge on any atom is -0.396 e. The molecular weight excluding hydrogens is 348 g/mol.